The lowest BCUT2D eigenvalue weighted by Crippen LogP contribution is -2.61. The van der Waals surface area contributed by atoms with Crippen LogP contribution in [0.25, 0.3) is 10.9 Å². The van der Waals surface area contributed by atoms with E-state index in [2.05, 4.69) is 34.3 Å². The molecular formula is C18H24N2O3. The molecule has 0 spiro atoms. The molecule has 1 saturated heterocycles. The van der Waals surface area contributed by atoms with E-state index in [1.807, 2.05) is 0 Å². The van der Waals surface area contributed by atoms with Crippen LogP contribution in [-0.2, 0) is 16.8 Å². The Morgan fingerprint density at radius 1 is 1.39 bits per heavy atom. The molecule has 124 valence electrons. The summed E-state index contributed by atoms with van der Waals surface area (Å²) in [5, 5.41) is 20.5. The molecule has 1 fully saturated rings. The van der Waals surface area contributed by atoms with Gasteiger partial charge in [-0.25, -0.2) is 0 Å². The summed E-state index contributed by atoms with van der Waals surface area (Å²) in [7, 11) is 1.78. The summed E-state index contributed by atoms with van der Waals surface area (Å²) in [5.74, 6) is 0.161. The van der Waals surface area contributed by atoms with E-state index in [-0.39, 0.29) is 25.2 Å². The van der Waals surface area contributed by atoms with Crippen molar-refractivity contribution in [2.24, 2.45) is 5.92 Å². The van der Waals surface area contributed by atoms with Gasteiger partial charge in [0, 0.05) is 49.9 Å². The van der Waals surface area contributed by atoms with Gasteiger partial charge in [0.15, 0.2) is 0 Å². The van der Waals surface area contributed by atoms with Crippen molar-refractivity contribution in [1.82, 2.24) is 9.88 Å². The molecule has 0 unspecified atom stereocenters. The highest BCUT2D eigenvalue weighted by atomic mass is 16.5. The van der Waals surface area contributed by atoms with Crippen molar-refractivity contribution in [3.05, 3.63) is 35.5 Å². The fourth-order valence-corrected chi connectivity index (χ4v) is 4.77. The molecule has 5 nitrogen and oxygen atoms in total. The van der Waals surface area contributed by atoms with Crippen LogP contribution in [0, 0.1) is 5.92 Å². The zero-order valence-corrected chi connectivity index (χ0v) is 13.5. The third kappa shape index (κ3) is 2.08. The van der Waals surface area contributed by atoms with Crippen molar-refractivity contribution in [2.75, 3.05) is 33.4 Å². The molecule has 3 N–H and O–H groups in total. The summed E-state index contributed by atoms with van der Waals surface area (Å²) in [6, 6.07) is 6.52. The van der Waals surface area contributed by atoms with Gasteiger partial charge in [-0.15, -0.1) is 0 Å². The van der Waals surface area contributed by atoms with Gasteiger partial charge in [-0.1, -0.05) is 12.1 Å². The van der Waals surface area contributed by atoms with Gasteiger partial charge in [-0.3, -0.25) is 4.90 Å². The molecule has 0 bridgehead atoms. The van der Waals surface area contributed by atoms with Crippen molar-refractivity contribution in [1.29, 1.82) is 0 Å². The highest BCUT2D eigenvalue weighted by Gasteiger charge is 2.52. The van der Waals surface area contributed by atoms with Crippen LogP contribution in [0.4, 0.5) is 0 Å². The van der Waals surface area contributed by atoms with E-state index in [0.717, 1.165) is 24.9 Å². The molecule has 1 aromatic heterocycles. The van der Waals surface area contributed by atoms with Gasteiger partial charge in [-0.2, -0.15) is 0 Å². The Labute approximate surface area is 135 Å². The number of H-pyrrole nitrogens is 1. The molecule has 1 aromatic carbocycles. The third-order valence-electron chi connectivity index (χ3n) is 5.73. The second-order valence-corrected chi connectivity index (χ2v) is 6.83. The van der Waals surface area contributed by atoms with Crippen LogP contribution in [0.3, 0.4) is 0 Å². The van der Waals surface area contributed by atoms with Crippen molar-refractivity contribution >= 4 is 10.9 Å². The van der Waals surface area contributed by atoms with Gasteiger partial charge in [-0.05, 0) is 36.0 Å². The van der Waals surface area contributed by atoms with Crippen LogP contribution in [0.1, 0.15) is 17.5 Å². The lowest BCUT2D eigenvalue weighted by molar-refractivity contribution is -0.138. The summed E-state index contributed by atoms with van der Waals surface area (Å²) in [5.41, 5.74) is 3.26. The number of hydrogen-bond donors (Lipinski definition) is 3. The molecule has 0 radical (unpaired) electrons. The first-order chi connectivity index (χ1) is 11.2. The molecule has 1 aliphatic heterocycles. The first-order valence-corrected chi connectivity index (χ1v) is 8.34. The van der Waals surface area contributed by atoms with Crippen molar-refractivity contribution in [3.8, 4) is 0 Å². The predicted molar refractivity (Wildman–Crippen MR) is 88.3 cm³/mol. The van der Waals surface area contributed by atoms with Gasteiger partial charge >= 0.3 is 0 Å². The zero-order chi connectivity index (χ0) is 16.0. The molecule has 0 saturated carbocycles. The fourth-order valence-electron chi connectivity index (χ4n) is 4.77. The summed E-state index contributed by atoms with van der Waals surface area (Å²) >= 11 is 0. The van der Waals surface area contributed by atoms with E-state index in [0.29, 0.717) is 6.54 Å². The number of aromatic amines is 1. The number of benzene rings is 1. The highest BCUT2D eigenvalue weighted by molar-refractivity contribution is 5.88. The van der Waals surface area contributed by atoms with Gasteiger partial charge < -0.3 is 19.9 Å². The second kappa shape index (κ2) is 5.60. The molecular weight excluding hydrogens is 292 g/mol. The van der Waals surface area contributed by atoms with E-state index < -0.39 is 5.60 Å². The average Bonchev–Trinajstić information content (AvgIpc) is 3.00. The lowest BCUT2D eigenvalue weighted by atomic mass is 9.68. The number of methoxy groups -OCH3 is 1. The maximum atomic E-state index is 9.78. The van der Waals surface area contributed by atoms with E-state index in [4.69, 9.17) is 4.74 Å². The van der Waals surface area contributed by atoms with Crippen molar-refractivity contribution in [3.63, 3.8) is 0 Å². The molecule has 4 rings (SSSR count). The first-order valence-electron chi connectivity index (χ1n) is 8.34. The Balaban J connectivity index is 1.90. The van der Waals surface area contributed by atoms with Gasteiger partial charge in [0.2, 0.25) is 0 Å². The number of aliphatic hydroxyl groups excluding tert-OH is 2. The monoisotopic (exact) mass is 316 g/mol. The van der Waals surface area contributed by atoms with Crippen molar-refractivity contribution in [2.45, 2.75) is 24.5 Å². The summed E-state index contributed by atoms with van der Waals surface area (Å²) in [4.78, 5) is 5.66. The molecule has 1 aliphatic carbocycles. The zero-order valence-electron chi connectivity index (χ0n) is 13.5. The van der Waals surface area contributed by atoms with E-state index in [1.54, 1.807) is 7.11 Å². The number of rotatable bonds is 4. The Hall–Kier alpha value is -1.40. The first kappa shape index (κ1) is 15.1. The van der Waals surface area contributed by atoms with Crippen LogP contribution in [-0.4, -0.2) is 59.6 Å². The van der Waals surface area contributed by atoms with Crippen LogP contribution < -0.4 is 0 Å². The number of ether oxygens (including phenoxy) is 1. The Morgan fingerprint density at radius 2 is 2.26 bits per heavy atom. The highest BCUT2D eigenvalue weighted by Crippen LogP contribution is 2.49. The van der Waals surface area contributed by atoms with E-state index >= 15 is 0 Å². The minimum atomic E-state index is -0.421. The lowest BCUT2D eigenvalue weighted by Gasteiger charge is -2.53. The SMILES string of the molecule is CO[C@]12C[C@@H](CO)CN(CCO)[C@@H]1Cc1c[nH]c3cccc2c13. The Kier molecular flexibility index (Phi) is 3.69. The van der Waals surface area contributed by atoms with Crippen LogP contribution in [0.2, 0.25) is 0 Å². The quantitative estimate of drug-likeness (QED) is 0.794. The number of aromatic nitrogens is 1. The number of nitrogens with one attached hydrogen (secondary N) is 1. The predicted octanol–water partition coefficient (Wildman–Crippen LogP) is 1.24. The van der Waals surface area contributed by atoms with E-state index in [1.165, 1.54) is 16.5 Å². The molecule has 2 aliphatic rings. The minimum absolute atomic E-state index is 0.124. The topological polar surface area (TPSA) is 68.7 Å². The van der Waals surface area contributed by atoms with Crippen LogP contribution in [0.5, 0.6) is 0 Å². The number of fused-ring (bicyclic) bond motifs is 2. The maximum absolute atomic E-state index is 9.78. The molecule has 23 heavy (non-hydrogen) atoms. The molecule has 0 amide bonds. The van der Waals surface area contributed by atoms with Gasteiger partial charge in [0.25, 0.3) is 0 Å². The average molecular weight is 316 g/mol. The fraction of sp³-hybridized carbons (Fsp3) is 0.556. The standard InChI is InChI=1S/C18H24N2O3/c1-23-18-8-12(11-22)10-20(5-6-21)16(18)7-13-9-19-15-4-2-3-14(18)17(13)15/h2-4,9,12,16,19,21-22H,5-8,10-11H2,1H3/t12-,16-,18+/m1/s1. The Morgan fingerprint density at radius 3 is 3.00 bits per heavy atom. The van der Waals surface area contributed by atoms with Crippen LogP contribution >= 0.6 is 0 Å². The maximum Gasteiger partial charge on any atom is 0.110 e. The molecule has 2 heterocycles. The second-order valence-electron chi connectivity index (χ2n) is 6.83. The summed E-state index contributed by atoms with van der Waals surface area (Å²) in [6.07, 6.45) is 3.82. The van der Waals surface area contributed by atoms with Gasteiger partial charge in [0.05, 0.1) is 6.61 Å². The van der Waals surface area contributed by atoms with Crippen molar-refractivity contribution < 1.29 is 14.9 Å². The van der Waals surface area contributed by atoms with Crippen LogP contribution in [0.15, 0.2) is 24.4 Å². The smallest absolute Gasteiger partial charge is 0.110 e. The number of likely N-dealkylation sites (tertiary alicyclic amines) is 1. The summed E-state index contributed by atoms with van der Waals surface area (Å²) in [6.45, 7) is 1.69. The third-order valence-corrected chi connectivity index (χ3v) is 5.73. The number of nitrogens with zero attached hydrogens (tertiary/aromatic N) is 1. The normalized spacial score (nSPS) is 30.6. The number of aliphatic hydroxyl groups is 2. The molecule has 5 heteroatoms. The largest absolute Gasteiger partial charge is 0.396 e. The van der Waals surface area contributed by atoms with Gasteiger partial charge in [0.1, 0.15) is 5.60 Å². The van der Waals surface area contributed by atoms with E-state index in [9.17, 15) is 10.2 Å². The number of β-amino-alcohol motifs (C(OH)–C–C–N with tert-alkyl or cyclic N) is 1. The minimum Gasteiger partial charge on any atom is -0.396 e. The number of piperidine rings is 1. The number of hydrogen-bond acceptors (Lipinski definition) is 4. The summed E-state index contributed by atoms with van der Waals surface area (Å²) < 4.78 is 6.16. The Bertz CT molecular complexity index is 713. The molecule has 2 aromatic rings. The molecule has 3 atom stereocenters.